The number of hydrogen-bond donors (Lipinski definition) is 2. The lowest BCUT2D eigenvalue weighted by atomic mass is 9.93. The predicted octanol–water partition coefficient (Wildman–Crippen LogP) is 4.98. The van der Waals surface area contributed by atoms with Crippen LogP contribution in [0.4, 0.5) is 4.79 Å². The molecule has 2 amide bonds. The average molecular weight is 572 g/mol. The van der Waals surface area contributed by atoms with Crippen molar-refractivity contribution in [2.24, 2.45) is 0 Å². The summed E-state index contributed by atoms with van der Waals surface area (Å²) < 4.78 is 6.20. The lowest BCUT2D eigenvalue weighted by molar-refractivity contribution is -0.142. The van der Waals surface area contributed by atoms with E-state index in [1.54, 1.807) is 18.2 Å². The van der Waals surface area contributed by atoms with Crippen LogP contribution < -0.4 is 5.32 Å². The van der Waals surface area contributed by atoms with Crippen molar-refractivity contribution < 1.29 is 24.2 Å². The van der Waals surface area contributed by atoms with Gasteiger partial charge in [0, 0.05) is 22.3 Å². The topological polar surface area (TPSA) is 95.9 Å². The van der Waals surface area contributed by atoms with E-state index in [0.717, 1.165) is 16.7 Å². The molecule has 0 aromatic heterocycles. The van der Waals surface area contributed by atoms with Crippen molar-refractivity contribution in [3.8, 4) is 0 Å². The summed E-state index contributed by atoms with van der Waals surface area (Å²) in [5, 5.41) is 12.9. The van der Waals surface area contributed by atoms with Crippen LogP contribution in [-0.2, 0) is 40.3 Å². The zero-order valence-corrected chi connectivity index (χ0v) is 21.5. The zero-order chi connectivity index (χ0) is 25.7. The van der Waals surface area contributed by atoms with Crippen LogP contribution in [0.5, 0.6) is 0 Å². The van der Waals surface area contributed by atoms with E-state index >= 15 is 0 Å². The summed E-state index contributed by atoms with van der Waals surface area (Å²) in [5.41, 5.74) is 3.30. The minimum absolute atomic E-state index is 0.0178. The Morgan fingerprint density at radius 2 is 1.75 bits per heavy atom. The van der Waals surface area contributed by atoms with Crippen LogP contribution in [0.15, 0.2) is 77.3 Å². The van der Waals surface area contributed by atoms with Gasteiger partial charge in [-0.25, -0.2) is 9.59 Å². The maximum atomic E-state index is 13.4. The van der Waals surface area contributed by atoms with Gasteiger partial charge in [-0.1, -0.05) is 82.1 Å². The Morgan fingerprint density at radius 3 is 2.47 bits per heavy atom. The highest BCUT2D eigenvalue weighted by molar-refractivity contribution is 9.10. The Morgan fingerprint density at radius 1 is 1.06 bits per heavy atom. The first-order valence-corrected chi connectivity index (χ1v) is 12.5. The van der Waals surface area contributed by atoms with E-state index in [9.17, 15) is 19.5 Å². The molecule has 0 unspecified atom stereocenters. The quantitative estimate of drug-likeness (QED) is 0.417. The van der Waals surface area contributed by atoms with Crippen molar-refractivity contribution in [3.63, 3.8) is 0 Å². The molecule has 0 aliphatic carbocycles. The molecule has 0 bridgehead atoms. The van der Waals surface area contributed by atoms with Gasteiger partial charge in [0.15, 0.2) is 0 Å². The summed E-state index contributed by atoms with van der Waals surface area (Å²) in [6.45, 7) is 0.242. The number of carbonyl (C=O) groups is 3. The summed E-state index contributed by atoms with van der Waals surface area (Å²) in [4.78, 5) is 39.8. The van der Waals surface area contributed by atoms with Crippen molar-refractivity contribution in [2.75, 3.05) is 0 Å². The summed E-state index contributed by atoms with van der Waals surface area (Å²) in [6, 6.07) is 19.7. The predicted molar refractivity (Wildman–Crippen MR) is 139 cm³/mol. The Labute approximate surface area is 222 Å². The van der Waals surface area contributed by atoms with Gasteiger partial charge in [0.2, 0.25) is 5.91 Å². The number of carbonyl (C=O) groups excluding carboxylic acids is 2. The Kier molecular flexibility index (Phi) is 8.28. The minimum Gasteiger partial charge on any atom is -0.480 e. The van der Waals surface area contributed by atoms with Crippen molar-refractivity contribution in [1.82, 2.24) is 10.2 Å². The monoisotopic (exact) mass is 570 g/mol. The summed E-state index contributed by atoms with van der Waals surface area (Å²) >= 11 is 9.47. The number of rotatable bonds is 7. The molecule has 36 heavy (non-hydrogen) atoms. The number of hydrogen-bond acceptors (Lipinski definition) is 4. The molecule has 1 aliphatic heterocycles. The third-order valence-corrected chi connectivity index (χ3v) is 7.05. The van der Waals surface area contributed by atoms with Crippen molar-refractivity contribution in [1.29, 1.82) is 0 Å². The fourth-order valence-electron chi connectivity index (χ4n) is 4.14. The lowest BCUT2D eigenvalue weighted by Gasteiger charge is -2.35. The molecular formula is C27H24BrClN2O5. The Hall–Kier alpha value is -3.36. The molecule has 1 heterocycles. The van der Waals surface area contributed by atoms with Crippen molar-refractivity contribution in [3.05, 3.63) is 105 Å². The largest absolute Gasteiger partial charge is 0.480 e. The van der Waals surface area contributed by atoms with Crippen LogP contribution in [0.25, 0.3) is 0 Å². The number of carboxylic acid groups (broad SMARTS) is 1. The SMILES string of the molecule is O=C(O)[C@@H](Cc1cc(Cl)ccc1Br)NC(=O)[C@@H]1Cc2ccccc2CN1C(=O)OCc1ccccc1. The van der Waals surface area contributed by atoms with Gasteiger partial charge in [-0.05, 0) is 40.5 Å². The second-order valence-electron chi connectivity index (χ2n) is 8.50. The highest BCUT2D eigenvalue weighted by Gasteiger charge is 2.37. The average Bonchev–Trinajstić information content (AvgIpc) is 2.88. The van der Waals surface area contributed by atoms with Crippen LogP contribution in [0.3, 0.4) is 0 Å². The molecular weight excluding hydrogens is 548 g/mol. The van der Waals surface area contributed by atoms with Gasteiger partial charge in [-0.2, -0.15) is 0 Å². The molecule has 186 valence electrons. The number of fused-ring (bicyclic) bond motifs is 1. The number of halogens is 2. The van der Waals surface area contributed by atoms with Crippen LogP contribution in [-0.4, -0.2) is 40.1 Å². The van der Waals surface area contributed by atoms with Crippen LogP contribution in [0, 0.1) is 0 Å². The zero-order valence-electron chi connectivity index (χ0n) is 19.2. The number of nitrogens with zero attached hydrogens (tertiary/aromatic N) is 1. The Balaban J connectivity index is 1.53. The van der Waals surface area contributed by atoms with E-state index < -0.39 is 30.1 Å². The first-order valence-electron chi connectivity index (χ1n) is 11.3. The number of carboxylic acids is 1. The second kappa shape index (κ2) is 11.6. The Bertz CT molecular complexity index is 1270. The molecule has 1 aliphatic rings. The molecule has 0 spiro atoms. The maximum Gasteiger partial charge on any atom is 0.411 e. The van der Waals surface area contributed by atoms with Gasteiger partial charge in [-0.3, -0.25) is 9.69 Å². The minimum atomic E-state index is -1.22. The van der Waals surface area contributed by atoms with Crippen LogP contribution >= 0.6 is 27.5 Å². The van der Waals surface area contributed by atoms with Crippen LogP contribution in [0.2, 0.25) is 5.02 Å². The number of nitrogens with one attached hydrogen (secondary N) is 1. The molecule has 4 rings (SSSR count). The standard InChI is InChI=1S/C27H24BrClN2O5/c28-22-11-10-21(29)12-20(22)13-23(26(33)34)30-25(32)24-14-18-8-4-5-9-19(18)15-31(24)27(35)36-16-17-6-2-1-3-7-17/h1-12,23-24H,13-16H2,(H,30,32)(H,33,34)/t23-,24+/m1/s1. The molecule has 2 N–H and O–H groups in total. The smallest absolute Gasteiger partial charge is 0.411 e. The number of benzene rings is 3. The van der Waals surface area contributed by atoms with Gasteiger partial charge in [0.1, 0.15) is 18.7 Å². The summed E-state index contributed by atoms with van der Waals surface area (Å²) in [5.74, 6) is -1.75. The van der Waals surface area contributed by atoms with E-state index in [2.05, 4.69) is 21.2 Å². The van der Waals surface area contributed by atoms with Crippen molar-refractivity contribution in [2.45, 2.75) is 38.1 Å². The first-order chi connectivity index (χ1) is 17.3. The molecule has 9 heteroatoms. The molecule has 3 aromatic carbocycles. The number of aliphatic carboxylic acids is 1. The van der Waals surface area contributed by atoms with E-state index in [1.165, 1.54) is 4.90 Å². The normalized spacial score (nSPS) is 15.5. The fraction of sp³-hybridized carbons (Fsp3) is 0.222. The van der Waals surface area contributed by atoms with Gasteiger partial charge < -0.3 is 15.2 Å². The van der Waals surface area contributed by atoms with E-state index in [0.29, 0.717) is 15.1 Å². The van der Waals surface area contributed by atoms with Gasteiger partial charge in [0.05, 0.1) is 6.54 Å². The first kappa shape index (κ1) is 25.7. The molecule has 0 radical (unpaired) electrons. The summed E-state index contributed by atoms with van der Waals surface area (Å²) in [7, 11) is 0. The fourth-order valence-corrected chi connectivity index (χ4v) is 4.74. The number of amides is 2. The van der Waals surface area contributed by atoms with E-state index in [4.69, 9.17) is 16.3 Å². The molecule has 3 aromatic rings. The molecule has 0 fully saturated rings. The second-order valence-corrected chi connectivity index (χ2v) is 9.79. The molecule has 0 saturated carbocycles. The molecule has 2 atom stereocenters. The highest BCUT2D eigenvalue weighted by atomic mass is 79.9. The van der Waals surface area contributed by atoms with Gasteiger partial charge in [-0.15, -0.1) is 0 Å². The van der Waals surface area contributed by atoms with Crippen LogP contribution in [0.1, 0.15) is 22.3 Å². The van der Waals surface area contributed by atoms with E-state index in [-0.39, 0.29) is 26.0 Å². The molecule has 0 saturated heterocycles. The number of ether oxygens (including phenoxy) is 1. The molecule has 7 nitrogen and oxygen atoms in total. The third kappa shape index (κ3) is 6.25. The van der Waals surface area contributed by atoms with Gasteiger partial charge >= 0.3 is 12.1 Å². The summed E-state index contributed by atoms with van der Waals surface area (Å²) in [6.07, 6.45) is -0.377. The lowest BCUT2D eigenvalue weighted by Crippen LogP contribution is -2.56. The van der Waals surface area contributed by atoms with E-state index in [1.807, 2.05) is 54.6 Å². The highest BCUT2D eigenvalue weighted by Crippen LogP contribution is 2.26. The van der Waals surface area contributed by atoms with Gasteiger partial charge in [0.25, 0.3) is 0 Å². The third-order valence-electron chi connectivity index (χ3n) is 6.04. The maximum absolute atomic E-state index is 13.4. The van der Waals surface area contributed by atoms with Crippen molar-refractivity contribution >= 4 is 45.5 Å².